The van der Waals surface area contributed by atoms with E-state index >= 15 is 0 Å². The molecule has 12 heavy (non-hydrogen) atoms. The highest BCUT2D eigenvalue weighted by molar-refractivity contribution is 7.99. The molecule has 0 bridgehead atoms. The van der Waals surface area contributed by atoms with Crippen molar-refractivity contribution in [3.05, 3.63) is 24.3 Å². The number of rotatable bonds is 5. The predicted molar refractivity (Wildman–Crippen MR) is 55.1 cm³/mol. The molecule has 0 aromatic rings. The second kappa shape index (κ2) is 5.44. The summed E-state index contributed by atoms with van der Waals surface area (Å²) in [5.74, 6) is 1.31. The van der Waals surface area contributed by atoms with Gasteiger partial charge in [0.1, 0.15) is 5.44 Å². The Morgan fingerprint density at radius 2 is 2.08 bits per heavy atom. The van der Waals surface area contributed by atoms with Gasteiger partial charge in [0, 0.05) is 5.92 Å². The molecule has 2 heteroatoms. The quantitative estimate of drug-likeness (QED) is 0.523. The van der Waals surface area contributed by atoms with E-state index in [0.717, 1.165) is 5.75 Å². The third kappa shape index (κ3) is 3.03. The van der Waals surface area contributed by atoms with Gasteiger partial charge in [0.25, 0.3) is 0 Å². The highest BCUT2D eigenvalue weighted by Gasteiger charge is 2.14. The first kappa shape index (κ1) is 9.87. The van der Waals surface area contributed by atoms with Crippen LogP contribution in [0.1, 0.15) is 19.8 Å². The van der Waals surface area contributed by atoms with E-state index in [-0.39, 0.29) is 11.4 Å². The number of hydrogen-bond acceptors (Lipinski definition) is 2. The molecule has 0 saturated heterocycles. The SMILES string of the molecule is CCCCSC(O)C1C=CC=C1. The minimum absolute atomic E-state index is 0.242. The van der Waals surface area contributed by atoms with Crippen LogP contribution in [0.4, 0.5) is 0 Å². The highest BCUT2D eigenvalue weighted by atomic mass is 32.2. The lowest BCUT2D eigenvalue weighted by Gasteiger charge is -2.13. The van der Waals surface area contributed by atoms with Crippen molar-refractivity contribution in [3.63, 3.8) is 0 Å². The molecule has 1 unspecified atom stereocenters. The van der Waals surface area contributed by atoms with Gasteiger partial charge in [0.15, 0.2) is 0 Å². The van der Waals surface area contributed by atoms with E-state index in [4.69, 9.17) is 0 Å². The van der Waals surface area contributed by atoms with Gasteiger partial charge >= 0.3 is 0 Å². The lowest BCUT2D eigenvalue weighted by atomic mass is 10.2. The van der Waals surface area contributed by atoms with Crippen molar-refractivity contribution < 1.29 is 5.11 Å². The van der Waals surface area contributed by atoms with E-state index in [0.29, 0.717) is 0 Å². The van der Waals surface area contributed by atoms with E-state index in [1.807, 2.05) is 24.3 Å². The smallest absolute Gasteiger partial charge is 0.109 e. The lowest BCUT2D eigenvalue weighted by Crippen LogP contribution is -2.11. The average molecular weight is 184 g/mol. The first-order chi connectivity index (χ1) is 5.84. The minimum Gasteiger partial charge on any atom is -0.382 e. The summed E-state index contributed by atoms with van der Waals surface area (Å²) in [7, 11) is 0. The van der Waals surface area contributed by atoms with Gasteiger partial charge < -0.3 is 5.11 Å². The van der Waals surface area contributed by atoms with Crippen molar-refractivity contribution in [2.75, 3.05) is 5.75 Å². The molecule has 1 N–H and O–H groups in total. The first-order valence-corrected chi connectivity index (χ1v) is 5.54. The van der Waals surface area contributed by atoms with Gasteiger partial charge in [-0.3, -0.25) is 0 Å². The molecule has 0 heterocycles. The molecule has 0 spiro atoms. The first-order valence-electron chi connectivity index (χ1n) is 4.49. The zero-order valence-electron chi connectivity index (χ0n) is 7.44. The summed E-state index contributed by atoms with van der Waals surface area (Å²) in [5, 5.41) is 9.64. The Bertz CT molecular complexity index is 163. The molecule has 0 radical (unpaired) electrons. The number of hydrogen-bond donors (Lipinski definition) is 1. The van der Waals surface area contributed by atoms with Crippen LogP contribution in [0.5, 0.6) is 0 Å². The molecule has 0 aromatic carbocycles. The van der Waals surface area contributed by atoms with Crippen LogP contribution in [0.3, 0.4) is 0 Å². The molecule has 0 saturated carbocycles. The summed E-state index contributed by atoms with van der Waals surface area (Å²) in [6.45, 7) is 2.17. The Labute approximate surface area is 78.6 Å². The Balaban J connectivity index is 2.15. The molecular weight excluding hydrogens is 168 g/mol. The number of unbranched alkanes of at least 4 members (excludes halogenated alkanes) is 1. The summed E-state index contributed by atoms with van der Waals surface area (Å²) in [5.41, 5.74) is -0.244. The standard InChI is InChI=1S/C10H16OS/c1-2-3-8-12-10(11)9-6-4-5-7-9/h4-7,9-11H,2-3,8H2,1H3. The molecule has 1 aliphatic carbocycles. The van der Waals surface area contributed by atoms with Crippen LogP contribution in [-0.4, -0.2) is 16.3 Å². The predicted octanol–water partition coefficient (Wildman–Crippen LogP) is 2.58. The minimum atomic E-state index is -0.244. The van der Waals surface area contributed by atoms with Gasteiger partial charge in [0.2, 0.25) is 0 Å². The monoisotopic (exact) mass is 184 g/mol. The molecule has 1 aliphatic rings. The van der Waals surface area contributed by atoms with Crippen LogP contribution in [0.25, 0.3) is 0 Å². The van der Waals surface area contributed by atoms with Crippen molar-refractivity contribution in [2.45, 2.75) is 25.2 Å². The van der Waals surface area contributed by atoms with E-state index in [1.54, 1.807) is 11.8 Å². The summed E-state index contributed by atoms with van der Waals surface area (Å²) < 4.78 is 0. The number of thioether (sulfide) groups is 1. The van der Waals surface area contributed by atoms with Gasteiger partial charge in [-0.25, -0.2) is 0 Å². The van der Waals surface area contributed by atoms with Crippen molar-refractivity contribution in [2.24, 2.45) is 5.92 Å². The summed E-state index contributed by atoms with van der Waals surface area (Å²) in [6, 6.07) is 0. The third-order valence-electron chi connectivity index (χ3n) is 1.89. The largest absolute Gasteiger partial charge is 0.382 e. The Hall–Kier alpha value is -0.210. The maximum Gasteiger partial charge on any atom is 0.109 e. The fourth-order valence-corrected chi connectivity index (χ4v) is 2.20. The number of allylic oxidation sites excluding steroid dienone is 2. The Kier molecular flexibility index (Phi) is 4.48. The van der Waals surface area contributed by atoms with Gasteiger partial charge in [-0.1, -0.05) is 37.6 Å². The number of aliphatic hydroxyl groups excluding tert-OH is 1. The van der Waals surface area contributed by atoms with E-state index < -0.39 is 0 Å². The summed E-state index contributed by atoms with van der Waals surface area (Å²) in [6.07, 6.45) is 10.5. The van der Waals surface area contributed by atoms with Crippen LogP contribution in [0, 0.1) is 5.92 Å². The summed E-state index contributed by atoms with van der Waals surface area (Å²) >= 11 is 1.65. The van der Waals surface area contributed by atoms with Crippen molar-refractivity contribution in [1.29, 1.82) is 0 Å². The van der Waals surface area contributed by atoms with Gasteiger partial charge in [-0.05, 0) is 12.2 Å². The van der Waals surface area contributed by atoms with E-state index in [2.05, 4.69) is 6.92 Å². The van der Waals surface area contributed by atoms with Gasteiger partial charge in [-0.15, -0.1) is 11.8 Å². The molecular formula is C10H16OS. The molecule has 1 rings (SSSR count). The molecule has 0 aromatic heterocycles. The van der Waals surface area contributed by atoms with Gasteiger partial charge in [0.05, 0.1) is 0 Å². The maximum atomic E-state index is 9.64. The third-order valence-corrected chi connectivity index (χ3v) is 3.07. The molecule has 1 nitrogen and oxygen atoms in total. The summed E-state index contributed by atoms with van der Waals surface area (Å²) in [4.78, 5) is 0. The van der Waals surface area contributed by atoms with Crippen LogP contribution in [0.15, 0.2) is 24.3 Å². The molecule has 0 amide bonds. The molecule has 1 atom stereocenters. The van der Waals surface area contributed by atoms with Crippen LogP contribution in [0.2, 0.25) is 0 Å². The second-order valence-corrected chi connectivity index (χ2v) is 4.19. The Morgan fingerprint density at radius 1 is 1.42 bits per heavy atom. The molecule has 68 valence electrons. The zero-order chi connectivity index (χ0) is 8.81. The Morgan fingerprint density at radius 3 is 2.67 bits per heavy atom. The zero-order valence-corrected chi connectivity index (χ0v) is 8.26. The normalized spacial score (nSPS) is 18.8. The topological polar surface area (TPSA) is 20.2 Å². The molecule has 0 aliphatic heterocycles. The highest BCUT2D eigenvalue weighted by Crippen LogP contribution is 2.23. The number of aliphatic hydroxyl groups is 1. The maximum absolute atomic E-state index is 9.64. The van der Waals surface area contributed by atoms with Crippen molar-refractivity contribution in [1.82, 2.24) is 0 Å². The lowest BCUT2D eigenvalue weighted by molar-refractivity contribution is 0.238. The molecule has 0 fully saturated rings. The van der Waals surface area contributed by atoms with Crippen molar-refractivity contribution in [3.8, 4) is 0 Å². The van der Waals surface area contributed by atoms with E-state index in [9.17, 15) is 5.11 Å². The van der Waals surface area contributed by atoms with Crippen LogP contribution < -0.4 is 0 Å². The fourth-order valence-electron chi connectivity index (χ4n) is 1.10. The van der Waals surface area contributed by atoms with Crippen molar-refractivity contribution >= 4 is 11.8 Å². The second-order valence-electron chi connectivity index (χ2n) is 2.96. The van der Waals surface area contributed by atoms with Gasteiger partial charge in [-0.2, -0.15) is 0 Å². The van der Waals surface area contributed by atoms with E-state index in [1.165, 1.54) is 12.8 Å². The average Bonchev–Trinajstić information content (AvgIpc) is 2.56. The van der Waals surface area contributed by atoms with Crippen LogP contribution >= 0.6 is 11.8 Å². The fraction of sp³-hybridized carbons (Fsp3) is 0.600. The van der Waals surface area contributed by atoms with Crippen LogP contribution in [-0.2, 0) is 0 Å².